The minimum absolute atomic E-state index is 0.334. The molecule has 0 saturated carbocycles. The molecular weight excluding hydrogens is 160 g/mol. The van der Waals surface area contributed by atoms with Crippen LogP contribution in [0.5, 0.6) is 0 Å². The van der Waals surface area contributed by atoms with Crippen molar-refractivity contribution < 1.29 is 4.74 Å². The Labute approximate surface area is 82.2 Å². The zero-order chi connectivity index (χ0) is 9.68. The lowest BCUT2D eigenvalue weighted by molar-refractivity contribution is 0.00660. The third kappa shape index (κ3) is 3.95. The van der Waals surface area contributed by atoms with Crippen molar-refractivity contribution in [2.24, 2.45) is 0 Å². The zero-order valence-corrected chi connectivity index (χ0v) is 9.18. The molecule has 1 aliphatic rings. The minimum atomic E-state index is 0.334. The predicted molar refractivity (Wildman–Crippen MR) is 56.9 cm³/mol. The summed E-state index contributed by atoms with van der Waals surface area (Å²) in [6, 6.07) is 0. The summed E-state index contributed by atoms with van der Waals surface area (Å²) in [5.74, 6) is 0. The Balaban J connectivity index is 2.24. The van der Waals surface area contributed by atoms with Crippen LogP contribution in [0.2, 0.25) is 0 Å². The van der Waals surface area contributed by atoms with Crippen molar-refractivity contribution in [1.82, 2.24) is 0 Å². The highest BCUT2D eigenvalue weighted by Gasteiger charge is 2.17. The summed E-state index contributed by atoms with van der Waals surface area (Å²) in [4.78, 5) is 0. The number of ether oxygens (including phenoxy) is 1. The van der Waals surface area contributed by atoms with E-state index in [9.17, 15) is 0 Å². The Hall–Kier alpha value is -0.300. The van der Waals surface area contributed by atoms with Crippen LogP contribution in [0.3, 0.4) is 0 Å². The van der Waals surface area contributed by atoms with Gasteiger partial charge in [-0.3, -0.25) is 0 Å². The first-order valence-electron chi connectivity index (χ1n) is 5.55. The summed E-state index contributed by atoms with van der Waals surface area (Å²) in [7, 11) is 0. The molecule has 0 spiro atoms. The maximum Gasteiger partial charge on any atom is 0.0734 e. The minimum Gasteiger partial charge on any atom is -0.371 e. The second-order valence-corrected chi connectivity index (χ2v) is 4.18. The lowest BCUT2D eigenvalue weighted by atomic mass is 10.00. The van der Waals surface area contributed by atoms with Crippen LogP contribution < -0.4 is 0 Å². The molecule has 0 aliphatic carbocycles. The first-order valence-corrected chi connectivity index (χ1v) is 5.55. The van der Waals surface area contributed by atoms with Crippen LogP contribution in [0, 0.1) is 0 Å². The molecular formula is C12H22O. The van der Waals surface area contributed by atoms with E-state index < -0.39 is 0 Å². The first-order chi connectivity index (χ1) is 6.22. The second-order valence-electron chi connectivity index (χ2n) is 4.18. The summed E-state index contributed by atoms with van der Waals surface area (Å²) >= 11 is 0. The molecule has 1 heteroatoms. The quantitative estimate of drug-likeness (QED) is 0.476. The van der Waals surface area contributed by atoms with Crippen molar-refractivity contribution in [2.75, 3.05) is 0 Å². The van der Waals surface area contributed by atoms with E-state index in [4.69, 9.17) is 4.74 Å². The molecule has 0 unspecified atom stereocenters. The highest BCUT2D eigenvalue weighted by atomic mass is 16.5. The summed E-state index contributed by atoms with van der Waals surface area (Å²) in [6.45, 7) is 6.59. The van der Waals surface area contributed by atoms with Crippen LogP contribution in [0.25, 0.3) is 0 Å². The topological polar surface area (TPSA) is 9.23 Å². The van der Waals surface area contributed by atoms with E-state index >= 15 is 0 Å². The lowest BCUT2D eigenvalue weighted by Crippen LogP contribution is -2.23. The normalized spacial score (nSPS) is 28.7. The van der Waals surface area contributed by atoms with Crippen LogP contribution in [0.4, 0.5) is 0 Å². The number of hydrogen-bond donors (Lipinski definition) is 0. The van der Waals surface area contributed by atoms with Crippen molar-refractivity contribution in [3.05, 3.63) is 11.6 Å². The third-order valence-electron chi connectivity index (χ3n) is 2.61. The summed E-state index contributed by atoms with van der Waals surface area (Å²) in [5.41, 5.74) is 1.50. The van der Waals surface area contributed by atoms with Gasteiger partial charge in [-0.05, 0) is 26.7 Å². The van der Waals surface area contributed by atoms with Gasteiger partial charge >= 0.3 is 0 Å². The molecule has 2 atom stereocenters. The Morgan fingerprint density at radius 1 is 1.46 bits per heavy atom. The molecule has 0 fully saturated rings. The average molecular weight is 182 g/mol. The number of hydrogen-bond acceptors (Lipinski definition) is 1. The molecule has 1 rings (SSSR count). The van der Waals surface area contributed by atoms with Crippen LogP contribution in [-0.4, -0.2) is 12.2 Å². The highest BCUT2D eigenvalue weighted by molar-refractivity contribution is 5.06. The van der Waals surface area contributed by atoms with Crippen molar-refractivity contribution in [1.29, 1.82) is 0 Å². The van der Waals surface area contributed by atoms with Crippen LogP contribution in [-0.2, 0) is 4.74 Å². The molecule has 0 saturated heterocycles. The van der Waals surface area contributed by atoms with Gasteiger partial charge in [0.25, 0.3) is 0 Å². The lowest BCUT2D eigenvalue weighted by Gasteiger charge is -2.26. The van der Waals surface area contributed by atoms with E-state index in [-0.39, 0.29) is 0 Å². The molecule has 1 nitrogen and oxygen atoms in total. The summed E-state index contributed by atoms with van der Waals surface area (Å²) < 4.78 is 5.83. The Morgan fingerprint density at radius 2 is 2.23 bits per heavy atom. The first kappa shape index (κ1) is 10.8. The van der Waals surface area contributed by atoms with Gasteiger partial charge in [-0.2, -0.15) is 0 Å². The highest BCUT2D eigenvalue weighted by Crippen LogP contribution is 2.22. The molecule has 0 aromatic heterocycles. The van der Waals surface area contributed by atoms with Crippen LogP contribution in [0.15, 0.2) is 11.6 Å². The SMILES string of the molecule is CCCCC[C@H]1CC(C)=C[C@@H](C)O1. The van der Waals surface area contributed by atoms with Crippen molar-refractivity contribution >= 4 is 0 Å². The van der Waals surface area contributed by atoms with E-state index in [2.05, 4.69) is 26.8 Å². The van der Waals surface area contributed by atoms with Gasteiger partial charge in [0, 0.05) is 0 Å². The fourth-order valence-electron chi connectivity index (χ4n) is 2.01. The molecule has 0 bridgehead atoms. The Morgan fingerprint density at radius 3 is 2.85 bits per heavy atom. The maximum atomic E-state index is 5.83. The van der Waals surface area contributed by atoms with Gasteiger partial charge in [-0.15, -0.1) is 0 Å². The van der Waals surface area contributed by atoms with Crippen molar-refractivity contribution in [3.63, 3.8) is 0 Å². The van der Waals surface area contributed by atoms with Gasteiger partial charge < -0.3 is 4.74 Å². The molecule has 1 heterocycles. The largest absolute Gasteiger partial charge is 0.371 e. The molecule has 0 radical (unpaired) electrons. The fraction of sp³-hybridized carbons (Fsp3) is 0.833. The van der Waals surface area contributed by atoms with E-state index in [1.54, 1.807) is 0 Å². The smallest absolute Gasteiger partial charge is 0.0734 e. The molecule has 76 valence electrons. The monoisotopic (exact) mass is 182 g/mol. The number of rotatable bonds is 4. The summed E-state index contributed by atoms with van der Waals surface area (Å²) in [5, 5.41) is 0. The van der Waals surface area contributed by atoms with Crippen molar-refractivity contribution in [3.8, 4) is 0 Å². The Kier molecular flexibility index (Phi) is 4.51. The van der Waals surface area contributed by atoms with Gasteiger partial charge in [-0.25, -0.2) is 0 Å². The van der Waals surface area contributed by atoms with Gasteiger partial charge in [0.15, 0.2) is 0 Å². The standard InChI is InChI=1S/C12H22O/c1-4-5-6-7-12-9-10(2)8-11(3)13-12/h8,11-12H,4-7,9H2,1-3H3/t11-,12+/m1/s1. The summed E-state index contributed by atoms with van der Waals surface area (Å²) in [6.07, 6.45) is 9.41. The molecule has 13 heavy (non-hydrogen) atoms. The number of unbranched alkanes of at least 4 members (excludes halogenated alkanes) is 2. The van der Waals surface area contributed by atoms with E-state index in [0.29, 0.717) is 12.2 Å². The van der Waals surface area contributed by atoms with E-state index in [1.807, 2.05) is 0 Å². The Bertz CT molecular complexity index is 172. The fourth-order valence-corrected chi connectivity index (χ4v) is 2.01. The van der Waals surface area contributed by atoms with E-state index in [0.717, 1.165) is 6.42 Å². The van der Waals surface area contributed by atoms with E-state index in [1.165, 1.54) is 31.3 Å². The van der Waals surface area contributed by atoms with Gasteiger partial charge in [0.1, 0.15) is 0 Å². The third-order valence-corrected chi connectivity index (χ3v) is 2.61. The average Bonchev–Trinajstić information content (AvgIpc) is 2.03. The maximum absolute atomic E-state index is 5.83. The zero-order valence-electron chi connectivity index (χ0n) is 9.18. The molecule has 0 amide bonds. The van der Waals surface area contributed by atoms with Gasteiger partial charge in [-0.1, -0.05) is 37.8 Å². The molecule has 0 aromatic carbocycles. The molecule has 0 aromatic rings. The molecule has 1 aliphatic heterocycles. The molecule has 0 N–H and O–H groups in total. The van der Waals surface area contributed by atoms with Gasteiger partial charge in [0.05, 0.1) is 12.2 Å². The van der Waals surface area contributed by atoms with Gasteiger partial charge in [0.2, 0.25) is 0 Å². The predicted octanol–water partition coefficient (Wildman–Crippen LogP) is 3.69. The van der Waals surface area contributed by atoms with Crippen LogP contribution >= 0.6 is 0 Å². The van der Waals surface area contributed by atoms with Crippen LogP contribution in [0.1, 0.15) is 52.9 Å². The second kappa shape index (κ2) is 5.43. The van der Waals surface area contributed by atoms with Crippen molar-refractivity contribution in [2.45, 2.75) is 65.1 Å².